The molecule has 4 nitrogen and oxygen atoms in total. The molecule has 5 heteroatoms. The third-order valence-electron chi connectivity index (χ3n) is 3.30. The first-order valence-electron chi connectivity index (χ1n) is 6.92. The molecule has 0 atom stereocenters. The van der Waals surface area contributed by atoms with Crippen molar-refractivity contribution < 1.29 is 14.2 Å². The molecule has 2 aromatic rings. The second-order valence-electron chi connectivity index (χ2n) is 4.76. The largest absolute Gasteiger partial charge is 0.493 e. The van der Waals surface area contributed by atoms with E-state index in [0.29, 0.717) is 23.8 Å². The Balaban J connectivity index is 2.04. The molecule has 0 saturated heterocycles. The molecule has 0 amide bonds. The van der Waals surface area contributed by atoms with E-state index in [1.807, 2.05) is 24.3 Å². The molecule has 0 aromatic heterocycles. The zero-order chi connectivity index (χ0) is 15.9. The van der Waals surface area contributed by atoms with Crippen LogP contribution in [0.2, 0.25) is 0 Å². The summed E-state index contributed by atoms with van der Waals surface area (Å²) < 4.78 is 17.1. The second-order valence-corrected chi connectivity index (χ2v) is 5.68. The predicted molar refractivity (Wildman–Crippen MR) is 90.8 cm³/mol. The minimum absolute atomic E-state index is 0.613. The van der Waals surface area contributed by atoms with Crippen molar-refractivity contribution in [3.63, 3.8) is 0 Å². The van der Waals surface area contributed by atoms with Crippen LogP contribution >= 0.6 is 15.9 Å². The van der Waals surface area contributed by atoms with Crippen molar-refractivity contribution in [2.45, 2.75) is 13.1 Å². The van der Waals surface area contributed by atoms with Crippen LogP contribution in [0.5, 0.6) is 17.2 Å². The number of hydrogen-bond acceptors (Lipinski definition) is 4. The van der Waals surface area contributed by atoms with Crippen LogP contribution in [-0.2, 0) is 13.1 Å². The van der Waals surface area contributed by atoms with E-state index >= 15 is 0 Å². The SMILES string of the molecule is COc1cc(CNCc2ccc(Br)cc2)cc(OC)c1OC. The summed E-state index contributed by atoms with van der Waals surface area (Å²) in [6.45, 7) is 1.51. The van der Waals surface area contributed by atoms with Crippen LogP contribution in [-0.4, -0.2) is 21.3 Å². The third-order valence-corrected chi connectivity index (χ3v) is 3.82. The van der Waals surface area contributed by atoms with E-state index in [0.717, 1.165) is 16.6 Å². The molecule has 22 heavy (non-hydrogen) atoms. The standard InChI is InChI=1S/C17H20BrNO3/c1-20-15-8-13(9-16(21-2)17(15)22-3)11-19-10-12-4-6-14(18)7-5-12/h4-9,19H,10-11H2,1-3H3. The Kier molecular flexibility index (Phi) is 6.10. The van der Waals surface area contributed by atoms with E-state index in [-0.39, 0.29) is 0 Å². The summed E-state index contributed by atoms with van der Waals surface area (Å²) in [6.07, 6.45) is 0. The van der Waals surface area contributed by atoms with Crippen LogP contribution in [0.1, 0.15) is 11.1 Å². The fourth-order valence-electron chi connectivity index (χ4n) is 2.19. The van der Waals surface area contributed by atoms with Crippen molar-refractivity contribution >= 4 is 15.9 Å². The molecule has 0 radical (unpaired) electrons. The van der Waals surface area contributed by atoms with Crippen LogP contribution in [0.4, 0.5) is 0 Å². The summed E-state index contributed by atoms with van der Waals surface area (Å²) in [7, 11) is 4.85. The number of nitrogens with one attached hydrogen (secondary N) is 1. The Hall–Kier alpha value is -1.72. The van der Waals surface area contributed by atoms with E-state index < -0.39 is 0 Å². The smallest absolute Gasteiger partial charge is 0.203 e. The highest BCUT2D eigenvalue weighted by Gasteiger charge is 2.12. The number of methoxy groups -OCH3 is 3. The summed E-state index contributed by atoms with van der Waals surface area (Å²) >= 11 is 3.44. The Morgan fingerprint density at radius 1 is 0.818 bits per heavy atom. The average molecular weight is 366 g/mol. The minimum Gasteiger partial charge on any atom is -0.493 e. The lowest BCUT2D eigenvalue weighted by molar-refractivity contribution is 0.323. The van der Waals surface area contributed by atoms with Gasteiger partial charge in [-0.25, -0.2) is 0 Å². The number of halogens is 1. The first-order chi connectivity index (χ1) is 10.7. The number of rotatable bonds is 7. The van der Waals surface area contributed by atoms with Crippen LogP contribution < -0.4 is 19.5 Å². The number of hydrogen-bond donors (Lipinski definition) is 1. The molecule has 2 aromatic carbocycles. The average Bonchev–Trinajstić information content (AvgIpc) is 2.55. The third kappa shape index (κ3) is 4.15. The van der Waals surface area contributed by atoms with Gasteiger partial charge in [0.15, 0.2) is 11.5 Å². The highest BCUT2D eigenvalue weighted by molar-refractivity contribution is 9.10. The predicted octanol–water partition coefficient (Wildman–Crippen LogP) is 3.76. The first kappa shape index (κ1) is 16.6. The fraction of sp³-hybridized carbons (Fsp3) is 0.294. The van der Waals surface area contributed by atoms with E-state index in [4.69, 9.17) is 14.2 Å². The highest BCUT2D eigenvalue weighted by Crippen LogP contribution is 2.38. The van der Waals surface area contributed by atoms with Gasteiger partial charge in [-0.3, -0.25) is 0 Å². The van der Waals surface area contributed by atoms with E-state index in [1.54, 1.807) is 21.3 Å². The van der Waals surface area contributed by atoms with Gasteiger partial charge in [0.25, 0.3) is 0 Å². The normalized spacial score (nSPS) is 10.4. The van der Waals surface area contributed by atoms with Gasteiger partial charge in [0.1, 0.15) is 0 Å². The maximum atomic E-state index is 5.36. The molecular formula is C17H20BrNO3. The summed E-state index contributed by atoms with van der Waals surface area (Å²) in [5, 5.41) is 3.41. The van der Waals surface area contributed by atoms with Crippen LogP contribution in [0.25, 0.3) is 0 Å². The fourth-order valence-corrected chi connectivity index (χ4v) is 2.46. The molecule has 2 rings (SSSR count). The highest BCUT2D eigenvalue weighted by atomic mass is 79.9. The van der Waals surface area contributed by atoms with Gasteiger partial charge in [0.2, 0.25) is 5.75 Å². The first-order valence-corrected chi connectivity index (χ1v) is 7.71. The van der Waals surface area contributed by atoms with Gasteiger partial charge in [-0.2, -0.15) is 0 Å². The van der Waals surface area contributed by atoms with Gasteiger partial charge in [-0.1, -0.05) is 28.1 Å². The monoisotopic (exact) mass is 365 g/mol. The summed E-state index contributed by atoms with van der Waals surface area (Å²) in [6, 6.07) is 12.2. The molecule has 0 aliphatic heterocycles. The Morgan fingerprint density at radius 3 is 1.86 bits per heavy atom. The Morgan fingerprint density at radius 2 is 1.36 bits per heavy atom. The number of benzene rings is 2. The van der Waals surface area contributed by atoms with Gasteiger partial charge in [0, 0.05) is 17.6 Å². The molecule has 0 unspecified atom stereocenters. The van der Waals surface area contributed by atoms with Gasteiger partial charge in [-0.15, -0.1) is 0 Å². The van der Waals surface area contributed by atoms with Crippen molar-refractivity contribution in [2.24, 2.45) is 0 Å². The van der Waals surface area contributed by atoms with Gasteiger partial charge >= 0.3 is 0 Å². The van der Waals surface area contributed by atoms with Crippen LogP contribution in [0.3, 0.4) is 0 Å². The van der Waals surface area contributed by atoms with Crippen molar-refractivity contribution in [1.82, 2.24) is 5.32 Å². The molecule has 1 N–H and O–H groups in total. The molecule has 0 saturated carbocycles. The topological polar surface area (TPSA) is 39.7 Å². The van der Waals surface area contributed by atoms with Crippen molar-refractivity contribution in [1.29, 1.82) is 0 Å². The van der Waals surface area contributed by atoms with E-state index in [2.05, 4.69) is 33.4 Å². The van der Waals surface area contributed by atoms with E-state index in [1.165, 1.54) is 5.56 Å². The van der Waals surface area contributed by atoms with E-state index in [9.17, 15) is 0 Å². The molecular weight excluding hydrogens is 346 g/mol. The van der Waals surface area contributed by atoms with Crippen molar-refractivity contribution in [2.75, 3.05) is 21.3 Å². The molecule has 118 valence electrons. The summed E-state index contributed by atoms with van der Waals surface area (Å²) in [4.78, 5) is 0. The maximum absolute atomic E-state index is 5.36. The number of ether oxygens (including phenoxy) is 3. The Labute approximate surface area is 139 Å². The molecule has 0 bridgehead atoms. The van der Waals surface area contributed by atoms with Crippen LogP contribution in [0.15, 0.2) is 40.9 Å². The summed E-state index contributed by atoms with van der Waals surface area (Å²) in [5.41, 5.74) is 2.31. The second kappa shape index (κ2) is 8.06. The zero-order valence-electron chi connectivity index (χ0n) is 13.0. The molecule has 0 aliphatic rings. The lowest BCUT2D eigenvalue weighted by Crippen LogP contribution is -2.13. The Bertz CT molecular complexity index is 589. The minimum atomic E-state index is 0.613. The lowest BCUT2D eigenvalue weighted by Gasteiger charge is -2.14. The molecule has 0 fully saturated rings. The zero-order valence-corrected chi connectivity index (χ0v) is 14.6. The lowest BCUT2D eigenvalue weighted by atomic mass is 10.1. The van der Waals surface area contributed by atoms with Crippen molar-refractivity contribution in [3.05, 3.63) is 52.0 Å². The molecule has 0 heterocycles. The maximum Gasteiger partial charge on any atom is 0.203 e. The van der Waals surface area contributed by atoms with Crippen molar-refractivity contribution in [3.8, 4) is 17.2 Å². The molecule has 0 spiro atoms. The molecule has 0 aliphatic carbocycles. The van der Waals surface area contributed by atoms with Gasteiger partial charge in [-0.05, 0) is 35.4 Å². The van der Waals surface area contributed by atoms with Gasteiger partial charge in [0.05, 0.1) is 21.3 Å². The van der Waals surface area contributed by atoms with Gasteiger partial charge < -0.3 is 19.5 Å². The quantitative estimate of drug-likeness (QED) is 0.810. The summed E-state index contributed by atoms with van der Waals surface area (Å²) in [5.74, 6) is 1.95. The van der Waals surface area contributed by atoms with Crippen LogP contribution in [0, 0.1) is 0 Å².